The van der Waals surface area contributed by atoms with Gasteiger partial charge in [-0.25, -0.2) is 17.9 Å². The highest BCUT2D eigenvalue weighted by molar-refractivity contribution is 7.89. The summed E-state index contributed by atoms with van der Waals surface area (Å²) in [4.78, 5) is 22.0. The Morgan fingerprint density at radius 3 is 2.71 bits per heavy atom. The molecule has 1 aromatic carbocycles. The van der Waals surface area contributed by atoms with E-state index in [-0.39, 0.29) is 35.4 Å². The number of aryl methyl sites for hydroxylation is 1. The minimum Gasteiger partial charge on any atom is -0.478 e. The molecule has 21 heavy (non-hydrogen) atoms. The quantitative estimate of drug-likeness (QED) is 0.737. The van der Waals surface area contributed by atoms with Crippen molar-refractivity contribution in [2.24, 2.45) is 0 Å². The number of amides is 1. The lowest BCUT2D eigenvalue weighted by Gasteiger charge is -2.23. The molecule has 7 nitrogen and oxygen atoms in total. The van der Waals surface area contributed by atoms with Gasteiger partial charge in [-0.3, -0.25) is 4.79 Å². The summed E-state index contributed by atoms with van der Waals surface area (Å²) in [6.07, 6.45) is 0.685. The van der Waals surface area contributed by atoms with Gasteiger partial charge in [0.15, 0.2) is 0 Å². The van der Waals surface area contributed by atoms with Crippen molar-refractivity contribution in [3.63, 3.8) is 0 Å². The zero-order valence-electron chi connectivity index (χ0n) is 11.4. The average molecular weight is 312 g/mol. The van der Waals surface area contributed by atoms with Gasteiger partial charge in [0.2, 0.25) is 15.9 Å². The third-order valence-corrected chi connectivity index (χ3v) is 4.86. The predicted octanol–water partition coefficient (Wildman–Crippen LogP) is 0.250. The fourth-order valence-corrected chi connectivity index (χ4v) is 3.42. The van der Waals surface area contributed by atoms with E-state index in [4.69, 9.17) is 5.11 Å². The van der Waals surface area contributed by atoms with E-state index in [1.807, 2.05) is 0 Å². The average Bonchev–Trinajstić information content (AvgIpc) is 2.41. The summed E-state index contributed by atoms with van der Waals surface area (Å²) < 4.78 is 27.0. The van der Waals surface area contributed by atoms with E-state index in [0.29, 0.717) is 12.0 Å². The highest BCUT2D eigenvalue weighted by atomic mass is 32.2. The van der Waals surface area contributed by atoms with Crippen molar-refractivity contribution >= 4 is 21.9 Å². The number of aromatic carboxylic acids is 1. The molecule has 3 N–H and O–H groups in total. The summed E-state index contributed by atoms with van der Waals surface area (Å²) in [6.45, 7) is 1.83. The first-order valence-electron chi connectivity index (χ1n) is 6.42. The second kappa shape index (κ2) is 5.82. The predicted molar refractivity (Wildman–Crippen MR) is 74.5 cm³/mol. The summed E-state index contributed by atoms with van der Waals surface area (Å²) in [5.74, 6) is -1.27. The highest BCUT2D eigenvalue weighted by Crippen LogP contribution is 2.17. The van der Waals surface area contributed by atoms with Crippen LogP contribution in [0.25, 0.3) is 0 Å². The molecule has 0 bridgehead atoms. The maximum absolute atomic E-state index is 12.3. The van der Waals surface area contributed by atoms with Crippen LogP contribution < -0.4 is 10.0 Å². The molecule has 1 unspecified atom stereocenters. The monoisotopic (exact) mass is 312 g/mol. The fraction of sp³-hybridized carbons (Fsp3) is 0.385. The number of carbonyl (C=O) groups is 2. The number of benzene rings is 1. The van der Waals surface area contributed by atoms with Gasteiger partial charge in [-0.05, 0) is 31.0 Å². The van der Waals surface area contributed by atoms with Crippen LogP contribution in [-0.4, -0.2) is 38.0 Å². The summed E-state index contributed by atoms with van der Waals surface area (Å²) in [7, 11) is -3.81. The minimum absolute atomic E-state index is 0.0465. The maximum Gasteiger partial charge on any atom is 0.335 e. The molecule has 1 aliphatic rings. The Morgan fingerprint density at radius 2 is 2.14 bits per heavy atom. The number of piperidine rings is 1. The lowest BCUT2D eigenvalue weighted by molar-refractivity contribution is -0.122. The molecule has 1 heterocycles. The van der Waals surface area contributed by atoms with Gasteiger partial charge in [0, 0.05) is 19.0 Å². The van der Waals surface area contributed by atoms with E-state index in [2.05, 4.69) is 10.0 Å². The smallest absolute Gasteiger partial charge is 0.335 e. The Hall–Kier alpha value is -1.93. The number of carbonyl (C=O) groups excluding carboxylic acids is 1. The molecule has 1 amide bonds. The molecule has 2 rings (SSSR count). The van der Waals surface area contributed by atoms with Gasteiger partial charge in [0.25, 0.3) is 0 Å². The van der Waals surface area contributed by atoms with E-state index in [9.17, 15) is 18.0 Å². The first-order chi connectivity index (χ1) is 9.79. The zero-order chi connectivity index (χ0) is 15.6. The Labute approximate surface area is 122 Å². The Morgan fingerprint density at radius 1 is 1.43 bits per heavy atom. The number of nitrogens with one attached hydrogen (secondary N) is 2. The third kappa shape index (κ3) is 3.59. The highest BCUT2D eigenvalue weighted by Gasteiger charge is 2.25. The van der Waals surface area contributed by atoms with Gasteiger partial charge in [-0.15, -0.1) is 0 Å². The second-order valence-electron chi connectivity index (χ2n) is 4.94. The van der Waals surface area contributed by atoms with Crippen molar-refractivity contribution in [3.05, 3.63) is 29.3 Å². The molecule has 8 heteroatoms. The van der Waals surface area contributed by atoms with Crippen molar-refractivity contribution in [1.82, 2.24) is 10.0 Å². The second-order valence-corrected chi connectivity index (χ2v) is 6.66. The molecule has 0 spiro atoms. The first-order valence-corrected chi connectivity index (χ1v) is 7.91. The molecule has 0 saturated carbocycles. The van der Waals surface area contributed by atoms with Crippen molar-refractivity contribution in [1.29, 1.82) is 0 Å². The van der Waals surface area contributed by atoms with Gasteiger partial charge in [0.05, 0.1) is 10.5 Å². The molecule has 0 radical (unpaired) electrons. The van der Waals surface area contributed by atoms with E-state index in [1.165, 1.54) is 12.1 Å². The maximum atomic E-state index is 12.3. The molecule has 1 fully saturated rings. The summed E-state index contributed by atoms with van der Waals surface area (Å²) in [5.41, 5.74) is 0.446. The number of hydrogen-bond donors (Lipinski definition) is 3. The normalized spacial score (nSPS) is 19.1. The summed E-state index contributed by atoms with van der Waals surface area (Å²) in [6, 6.07) is 3.58. The first kappa shape index (κ1) is 15.5. The molecule has 0 aliphatic carbocycles. The van der Waals surface area contributed by atoms with Crippen LogP contribution in [0.5, 0.6) is 0 Å². The SMILES string of the molecule is Cc1ccc(S(=O)(=O)NC2CCC(=O)NC2)cc1C(=O)O. The van der Waals surface area contributed by atoms with E-state index in [0.717, 1.165) is 6.07 Å². The van der Waals surface area contributed by atoms with Gasteiger partial charge in [0.1, 0.15) is 0 Å². The number of carboxylic acid groups (broad SMARTS) is 1. The van der Waals surface area contributed by atoms with E-state index >= 15 is 0 Å². The molecule has 1 aromatic rings. The van der Waals surface area contributed by atoms with Crippen molar-refractivity contribution < 1.29 is 23.1 Å². The molecule has 1 atom stereocenters. The van der Waals surface area contributed by atoms with Crippen LogP contribution in [0, 0.1) is 6.92 Å². The van der Waals surface area contributed by atoms with E-state index < -0.39 is 16.0 Å². The van der Waals surface area contributed by atoms with Gasteiger partial charge in [-0.2, -0.15) is 0 Å². The van der Waals surface area contributed by atoms with Crippen LogP contribution in [0.3, 0.4) is 0 Å². The van der Waals surface area contributed by atoms with Gasteiger partial charge >= 0.3 is 5.97 Å². The standard InChI is InChI=1S/C13H16N2O5S/c1-8-2-4-10(6-11(8)13(17)18)21(19,20)15-9-3-5-12(16)14-7-9/h2,4,6,9,15H,3,5,7H2,1H3,(H,14,16)(H,17,18). The topological polar surface area (TPSA) is 113 Å². The lowest BCUT2D eigenvalue weighted by atomic mass is 10.1. The molecule has 0 aromatic heterocycles. The van der Waals surface area contributed by atoms with E-state index in [1.54, 1.807) is 6.92 Å². The largest absolute Gasteiger partial charge is 0.478 e. The van der Waals surface area contributed by atoms with Crippen LogP contribution in [-0.2, 0) is 14.8 Å². The summed E-state index contributed by atoms with van der Waals surface area (Å²) in [5, 5.41) is 11.6. The van der Waals surface area contributed by atoms with Crippen LogP contribution in [0.1, 0.15) is 28.8 Å². The van der Waals surface area contributed by atoms with Crippen molar-refractivity contribution in [2.45, 2.75) is 30.7 Å². The number of sulfonamides is 1. The van der Waals surface area contributed by atoms with Crippen LogP contribution >= 0.6 is 0 Å². The Balaban J connectivity index is 2.21. The van der Waals surface area contributed by atoms with Crippen LogP contribution in [0.2, 0.25) is 0 Å². The molecule has 114 valence electrons. The molecule has 1 aliphatic heterocycles. The molecular weight excluding hydrogens is 296 g/mol. The van der Waals surface area contributed by atoms with Crippen molar-refractivity contribution in [3.8, 4) is 0 Å². The molecular formula is C13H16N2O5S. The molecule has 1 saturated heterocycles. The van der Waals surface area contributed by atoms with Crippen molar-refractivity contribution in [2.75, 3.05) is 6.54 Å². The Kier molecular flexibility index (Phi) is 4.29. The van der Waals surface area contributed by atoms with Crippen LogP contribution in [0.15, 0.2) is 23.1 Å². The number of rotatable bonds is 4. The fourth-order valence-electron chi connectivity index (χ4n) is 2.12. The number of hydrogen-bond acceptors (Lipinski definition) is 4. The summed E-state index contributed by atoms with van der Waals surface area (Å²) >= 11 is 0. The van der Waals surface area contributed by atoms with Gasteiger partial charge in [-0.1, -0.05) is 6.07 Å². The Bertz CT molecular complexity index is 674. The minimum atomic E-state index is -3.81. The third-order valence-electron chi connectivity index (χ3n) is 3.34. The van der Waals surface area contributed by atoms with Crippen LogP contribution in [0.4, 0.5) is 0 Å². The lowest BCUT2D eigenvalue weighted by Crippen LogP contribution is -2.47. The van der Waals surface area contributed by atoms with Gasteiger partial charge < -0.3 is 10.4 Å². The zero-order valence-corrected chi connectivity index (χ0v) is 12.2. The number of carboxylic acids is 1.